The van der Waals surface area contributed by atoms with Crippen molar-refractivity contribution in [3.05, 3.63) is 29.8 Å². The number of sulfonamides is 1. The van der Waals surface area contributed by atoms with Crippen molar-refractivity contribution in [2.75, 3.05) is 0 Å². The van der Waals surface area contributed by atoms with Gasteiger partial charge < -0.3 is 0 Å². The number of hydrogen-bond donors (Lipinski definition) is 2. The van der Waals surface area contributed by atoms with Gasteiger partial charge in [-0.15, -0.1) is 4.83 Å². The molecule has 1 amide bonds. The van der Waals surface area contributed by atoms with Crippen LogP contribution < -0.4 is 10.3 Å². The molecule has 5 nitrogen and oxygen atoms in total. The topological polar surface area (TPSA) is 75.3 Å². The zero-order valence-electron chi connectivity index (χ0n) is 16.0. The van der Waals surface area contributed by atoms with Gasteiger partial charge in [0.25, 0.3) is 10.0 Å². The number of nitrogens with one attached hydrogen (secondary N) is 2. The van der Waals surface area contributed by atoms with Gasteiger partial charge in [0.05, 0.1) is 4.90 Å². The molecule has 4 aliphatic carbocycles. The molecule has 0 radical (unpaired) electrons. The zero-order valence-corrected chi connectivity index (χ0v) is 16.9. The molecule has 1 aromatic carbocycles. The second kappa shape index (κ2) is 7.21. The van der Waals surface area contributed by atoms with Gasteiger partial charge in [0.1, 0.15) is 0 Å². The number of carbonyl (C=O) groups is 1. The van der Waals surface area contributed by atoms with Crippen molar-refractivity contribution in [3.63, 3.8) is 0 Å². The Morgan fingerprint density at radius 3 is 2.11 bits per heavy atom. The highest BCUT2D eigenvalue weighted by Gasteiger charge is 2.51. The molecule has 2 N–H and O–H groups in total. The van der Waals surface area contributed by atoms with Gasteiger partial charge >= 0.3 is 0 Å². The van der Waals surface area contributed by atoms with Crippen molar-refractivity contribution in [1.29, 1.82) is 0 Å². The van der Waals surface area contributed by atoms with Gasteiger partial charge in [-0.2, -0.15) is 0 Å². The van der Waals surface area contributed by atoms with E-state index < -0.39 is 10.0 Å². The van der Waals surface area contributed by atoms with Crippen LogP contribution in [0.1, 0.15) is 63.9 Å². The van der Waals surface area contributed by atoms with Gasteiger partial charge in [0, 0.05) is 6.42 Å². The van der Waals surface area contributed by atoms with Crippen molar-refractivity contribution < 1.29 is 13.2 Å². The first kappa shape index (κ1) is 18.9. The summed E-state index contributed by atoms with van der Waals surface area (Å²) >= 11 is 0. The second-order valence-corrected chi connectivity index (χ2v) is 10.8. The normalized spacial score (nSPS) is 31.8. The van der Waals surface area contributed by atoms with E-state index in [9.17, 15) is 13.2 Å². The van der Waals surface area contributed by atoms with Crippen LogP contribution in [0.2, 0.25) is 0 Å². The Balaban J connectivity index is 1.34. The van der Waals surface area contributed by atoms with Gasteiger partial charge in [-0.1, -0.05) is 25.5 Å². The van der Waals surface area contributed by atoms with Crippen LogP contribution >= 0.6 is 0 Å². The molecule has 0 spiro atoms. The van der Waals surface area contributed by atoms with Crippen LogP contribution in [0.15, 0.2) is 29.2 Å². The smallest absolute Gasteiger partial charge is 0.257 e. The summed E-state index contributed by atoms with van der Waals surface area (Å²) < 4.78 is 24.9. The van der Waals surface area contributed by atoms with E-state index in [1.54, 1.807) is 12.1 Å². The quantitative estimate of drug-likeness (QED) is 0.699. The Morgan fingerprint density at radius 1 is 1.04 bits per heavy atom. The van der Waals surface area contributed by atoms with Crippen LogP contribution in [-0.2, 0) is 21.2 Å². The molecule has 0 aromatic heterocycles. The molecule has 0 saturated heterocycles. The standard InChI is InChI=1S/C21H30N2O3S/c1-2-3-15-4-6-19(7-5-15)27(25,26)23-22-20(24)14-21-11-16-8-17(12-21)10-18(9-16)13-21/h4-7,16-18,23H,2-3,8-14H2,1H3,(H,22,24). The molecule has 0 atom stereocenters. The van der Waals surface area contributed by atoms with Gasteiger partial charge in [-0.05, 0) is 85.8 Å². The number of benzene rings is 1. The van der Waals surface area contributed by atoms with E-state index in [0.717, 1.165) is 55.4 Å². The molecule has 0 unspecified atom stereocenters. The highest BCUT2D eigenvalue weighted by molar-refractivity contribution is 7.89. The van der Waals surface area contributed by atoms with E-state index in [4.69, 9.17) is 0 Å². The average molecular weight is 391 g/mol. The summed E-state index contributed by atoms with van der Waals surface area (Å²) in [6.07, 6.45) is 9.80. The molecule has 27 heavy (non-hydrogen) atoms. The first-order valence-electron chi connectivity index (χ1n) is 10.3. The highest BCUT2D eigenvalue weighted by atomic mass is 32.2. The molecule has 6 heteroatoms. The van der Waals surface area contributed by atoms with E-state index >= 15 is 0 Å². The van der Waals surface area contributed by atoms with Gasteiger partial charge in [0.15, 0.2) is 0 Å². The number of amides is 1. The van der Waals surface area contributed by atoms with Crippen LogP contribution in [-0.4, -0.2) is 14.3 Å². The van der Waals surface area contributed by atoms with Crippen molar-refractivity contribution in [1.82, 2.24) is 10.3 Å². The number of aryl methyl sites for hydroxylation is 1. The third-order valence-electron chi connectivity index (χ3n) is 6.80. The first-order valence-corrected chi connectivity index (χ1v) is 11.8. The van der Waals surface area contributed by atoms with Crippen molar-refractivity contribution in [3.8, 4) is 0 Å². The van der Waals surface area contributed by atoms with Crippen molar-refractivity contribution in [2.24, 2.45) is 23.2 Å². The maximum Gasteiger partial charge on any atom is 0.257 e. The summed E-state index contributed by atoms with van der Waals surface area (Å²) in [7, 11) is -3.74. The molecule has 5 rings (SSSR count). The lowest BCUT2D eigenvalue weighted by Crippen LogP contribution is -2.50. The number of carbonyl (C=O) groups excluding carboxylic acids is 1. The summed E-state index contributed by atoms with van der Waals surface area (Å²) in [5, 5.41) is 0. The van der Waals surface area contributed by atoms with Crippen LogP contribution in [0.25, 0.3) is 0 Å². The summed E-state index contributed by atoms with van der Waals surface area (Å²) in [4.78, 5) is 15.0. The Hall–Kier alpha value is -1.40. The van der Waals surface area contributed by atoms with E-state index in [1.165, 1.54) is 19.3 Å². The summed E-state index contributed by atoms with van der Waals surface area (Å²) in [6, 6.07) is 6.85. The van der Waals surface area contributed by atoms with Gasteiger partial charge in [0.2, 0.25) is 5.91 Å². The third kappa shape index (κ3) is 4.06. The predicted molar refractivity (Wildman–Crippen MR) is 104 cm³/mol. The maximum atomic E-state index is 12.5. The first-order chi connectivity index (χ1) is 12.9. The second-order valence-electron chi connectivity index (χ2n) is 9.14. The molecule has 4 fully saturated rings. The van der Waals surface area contributed by atoms with Crippen LogP contribution in [0.5, 0.6) is 0 Å². The van der Waals surface area contributed by atoms with Gasteiger partial charge in [-0.3, -0.25) is 10.2 Å². The largest absolute Gasteiger partial charge is 0.278 e. The predicted octanol–water partition coefficient (Wildman–Crippen LogP) is 3.56. The fraction of sp³-hybridized carbons (Fsp3) is 0.667. The van der Waals surface area contributed by atoms with E-state index in [2.05, 4.69) is 17.2 Å². The zero-order chi connectivity index (χ0) is 19.1. The Bertz CT molecular complexity index is 766. The number of rotatable bonds is 7. The van der Waals surface area contributed by atoms with Crippen LogP contribution in [0.4, 0.5) is 0 Å². The highest BCUT2D eigenvalue weighted by Crippen LogP contribution is 2.61. The third-order valence-corrected chi connectivity index (χ3v) is 8.06. The Morgan fingerprint density at radius 2 is 1.59 bits per heavy atom. The molecule has 1 aromatic rings. The lowest BCUT2D eigenvalue weighted by atomic mass is 9.49. The molecular weight excluding hydrogens is 360 g/mol. The maximum absolute atomic E-state index is 12.5. The molecule has 4 saturated carbocycles. The summed E-state index contributed by atoms with van der Waals surface area (Å²) in [5.74, 6) is 2.13. The lowest BCUT2D eigenvalue weighted by molar-refractivity contribution is -0.129. The molecular formula is C21H30N2O3S. The molecule has 4 bridgehead atoms. The van der Waals surface area contributed by atoms with E-state index in [-0.39, 0.29) is 16.2 Å². The Labute approximate surface area is 162 Å². The molecule has 0 heterocycles. The minimum atomic E-state index is -3.74. The molecule has 0 aliphatic heterocycles. The molecule has 148 valence electrons. The minimum Gasteiger partial charge on any atom is -0.278 e. The van der Waals surface area contributed by atoms with Crippen molar-refractivity contribution >= 4 is 15.9 Å². The van der Waals surface area contributed by atoms with Crippen LogP contribution in [0, 0.1) is 23.2 Å². The van der Waals surface area contributed by atoms with Crippen LogP contribution in [0.3, 0.4) is 0 Å². The van der Waals surface area contributed by atoms with E-state index in [0.29, 0.717) is 6.42 Å². The monoisotopic (exact) mass is 390 g/mol. The SMILES string of the molecule is CCCc1ccc(S(=O)(=O)NNC(=O)CC23CC4CC(CC(C4)C2)C3)cc1. The van der Waals surface area contributed by atoms with Gasteiger partial charge in [-0.25, -0.2) is 8.42 Å². The summed E-state index contributed by atoms with van der Waals surface area (Å²) in [6.45, 7) is 2.09. The fourth-order valence-electron chi connectivity index (χ4n) is 6.20. The summed E-state index contributed by atoms with van der Waals surface area (Å²) in [5.41, 5.74) is 3.68. The van der Waals surface area contributed by atoms with E-state index in [1.807, 2.05) is 12.1 Å². The Kier molecular flexibility index (Phi) is 5.06. The fourth-order valence-corrected chi connectivity index (χ4v) is 7.06. The molecule has 4 aliphatic rings. The van der Waals surface area contributed by atoms with Crippen molar-refractivity contribution in [2.45, 2.75) is 69.6 Å². The minimum absolute atomic E-state index is 0.103. The average Bonchev–Trinajstić information content (AvgIpc) is 2.59. The number of hydrazine groups is 1. The number of hydrogen-bond acceptors (Lipinski definition) is 3. The lowest BCUT2D eigenvalue weighted by Gasteiger charge is -2.56.